The summed E-state index contributed by atoms with van der Waals surface area (Å²) >= 11 is 0. The minimum absolute atomic E-state index is 0.108. The summed E-state index contributed by atoms with van der Waals surface area (Å²) in [6.07, 6.45) is 9.75. The van der Waals surface area contributed by atoms with Gasteiger partial charge in [0.05, 0.1) is 6.04 Å². The van der Waals surface area contributed by atoms with Crippen molar-refractivity contribution in [2.45, 2.75) is 25.6 Å². The molecule has 0 aromatic heterocycles. The molecule has 70 valence electrons. The highest BCUT2D eigenvalue weighted by molar-refractivity contribution is 5.18. The number of hydrogen-bond acceptors (Lipinski definition) is 2. The van der Waals surface area contributed by atoms with Crippen molar-refractivity contribution in [3.63, 3.8) is 0 Å². The molecule has 0 radical (unpaired) electrons. The minimum atomic E-state index is 0.108. The van der Waals surface area contributed by atoms with Gasteiger partial charge in [0, 0.05) is 5.92 Å². The van der Waals surface area contributed by atoms with Crippen LogP contribution in [0.1, 0.15) is 13.3 Å². The van der Waals surface area contributed by atoms with Gasteiger partial charge in [-0.05, 0) is 13.3 Å². The largest absolute Gasteiger partial charge is 0.479 e. The Morgan fingerprint density at radius 3 is 2.92 bits per heavy atom. The van der Waals surface area contributed by atoms with Crippen molar-refractivity contribution in [2.75, 3.05) is 0 Å². The lowest BCUT2D eigenvalue weighted by Crippen LogP contribution is -2.33. The van der Waals surface area contributed by atoms with E-state index < -0.39 is 0 Å². The molecule has 1 heterocycles. The zero-order valence-corrected chi connectivity index (χ0v) is 7.86. The van der Waals surface area contributed by atoms with Crippen molar-refractivity contribution in [3.05, 3.63) is 36.6 Å². The van der Waals surface area contributed by atoms with Gasteiger partial charge >= 0.3 is 0 Å². The van der Waals surface area contributed by atoms with Gasteiger partial charge in [-0.15, -0.1) is 0 Å². The molecule has 1 fully saturated rings. The van der Waals surface area contributed by atoms with Gasteiger partial charge < -0.3 is 4.74 Å². The summed E-state index contributed by atoms with van der Waals surface area (Å²) in [5.41, 5.74) is 0. The Balaban J connectivity index is 2.05. The van der Waals surface area contributed by atoms with E-state index in [1.165, 1.54) is 0 Å². The van der Waals surface area contributed by atoms with Gasteiger partial charge in [0.1, 0.15) is 12.0 Å². The average molecular weight is 177 g/mol. The summed E-state index contributed by atoms with van der Waals surface area (Å²) in [6, 6.07) is 0.288. The van der Waals surface area contributed by atoms with Crippen LogP contribution in [0.5, 0.6) is 0 Å². The highest BCUT2D eigenvalue weighted by atomic mass is 16.5. The maximum atomic E-state index is 5.46. The van der Waals surface area contributed by atoms with Gasteiger partial charge in [-0.1, -0.05) is 30.9 Å². The van der Waals surface area contributed by atoms with Crippen LogP contribution in [0.2, 0.25) is 0 Å². The van der Waals surface area contributed by atoms with E-state index in [4.69, 9.17) is 4.74 Å². The van der Waals surface area contributed by atoms with Crippen molar-refractivity contribution in [1.82, 2.24) is 5.32 Å². The molecular weight excluding hydrogens is 162 g/mol. The van der Waals surface area contributed by atoms with E-state index in [0.29, 0.717) is 5.92 Å². The number of ether oxygens (including phenoxy) is 1. The summed E-state index contributed by atoms with van der Waals surface area (Å²) in [6.45, 7) is 5.93. The highest BCUT2D eigenvalue weighted by Gasteiger charge is 2.30. The molecule has 0 saturated carbocycles. The Morgan fingerprint density at radius 2 is 2.38 bits per heavy atom. The van der Waals surface area contributed by atoms with Gasteiger partial charge in [-0.3, -0.25) is 5.32 Å². The molecule has 13 heavy (non-hydrogen) atoms. The van der Waals surface area contributed by atoms with Crippen LogP contribution < -0.4 is 5.32 Å². The van der Waals surface area contributed by atoms with E-state index >= 15 is 0 Å². The van der Waals surface area contributed by atoms with E-state index in [-0.39, 0.29) is 12.3 Å². The lowest BCUT2D eigenvalue weighted by molar-refractivity contribution is 0.164. The van der Waals surface area contributed by atoms with Gasteiger partial charge in [0.15, 0.2) is 0 Å². The van der Waals surface area contributed by atoms with Crippen LogP contribution >= 0.6 is 0 Å². The van der Waals surface area contributed by atoms with Crippen molar-refractivity contribution in [2.24, 2.45) is 5.92 Å². The molecule has 1 saturated heterocycles. The third kappa shape index (κ3) is 1.68. The van der Waals surface area contributed by atoms with Crippen molar-refractivity contribution >= 4 is 0 Å². The first-order valence-corrected chi connectivity index (χ1v) is 4.72. The molecule has 3 atom stereocenters. The number of rotatable bonds is 1. The molecule has 2 unspecified atom stereocenters. The fraction of sp³-hybridized carbons (Fsp3) is 0.455. The number of hydrogen-bond donors (Lipinski definition) is 1. The van der Waals surface area contributed by atoms with E-state index in [2.05, 4.69) is 36.2 Å². The Bertz CT molecular complexity index is 267. The second kappa shape index (κ2) is 3.38. The first kappa shape index (κ1) is 8.57. The third-order valence-corrected chi connectivity index (χ3v) is 2.53. The standard InChI is InChI=1S/C11H15NO/c1-8-11(12-9(2)13-8)10-6-4-3-5-7-10/h3-6,9-12H,1,7H2,2H3/t9?,10?,11-/m1/s1. The molecule has 1 aliphatic carbocycles. The molecule has 2 heteroatoms. The van der Waals surface area contributed by atoms with Crippen molar-refractivity contribution in [3.8, 4) is 0 Å². The van der Waals surface area contributed by atoms with Crippen LogP contribution in [0, 0.1) is 5.92 Å². The highest BCUT2D eigenvalue weighted by Crippen LogP contribution is 2.26. The zero-order chi connectivity index (χ0) is 9.26. The number of nitrogens with one attached hydrogen (secondary N) is 1. The van der Waals surface area contributed by atoms with Gasteiger partial charge in [0.2, 0.25) is 0 Å². The van der Waals surface area contributed by atoms with Crippen LogP contribution in [-0.2, 0) is 4.74 Å². The predicted octanol–water partition coefficient (Wildman–Crippen LogP) is 1.97. The van der Waals surface area contributed by atoms with Gasteiger partial charge in [0.25, 0.3) is 0 Å². The molecule has 0 bridgehead atoms. The molecule has 2 rings (SSSR count). The van der Waals surface area contributed by atoms with Crippen molar-refractivity contribution in [1.29, 1.82) is 0 Å². The molecule has 0 aromatic rings. The molecule has 0 amide bonds. The van der Waals surface area contributed by atoms with Crippen LogP contribution in [0.15, 0.2) is 36.6 Å². The first-order chi connectivity index (χ1) is 6.27. The van der Waals surface area contributed by atoms with Crippen molar-refractivity contribution < 1.29 is 4.74 Å². The monoisotopic (exact) mass is 177 g/mol. The summed E-state index contributed by atoms with van der Waals surface area (Å²) in [4.78, 5) is 0. The molecule has 2 aliphatic rings. The topological polar surface area (TPSA) is 21.3 Å². The fourth-order valence-corrected chi connectivity index (χ4v) is 1.89. The second-order valence-electron chi connectivity index (χ2n) is 3.58. The normalized spacial score (nSPS) is 37.9. The molecular formula is C11H15NO. The molecule has 1 N–H and O–H groups in total. The Morgan fingerprint density at radius 1 is 1.54 bits per heavy atom. The summed E-state index contributed by atoms with van der Waals surface area (Å²) in [7, 11) is 0. The van der Waals surface area contributed by atoms with Gasteiger partial charge in [-0.2, -0.15) is 0 Å². The van der Waals surface area contributed by atoms with E-state index in [1.54, 1.807) is 0 Å². The quantitative estimate of drug-likeness (QED) is 0.661. The minimum Gasteiger partial charge on any atom is -0.479 e. The maximum absolute atomic E-state index is 5.46. The SMILES string of the molecule is C=C1OC(C)N[C@H]1C1C=CC=CC1. The predicted molar refractivity (Wildman–Crippen MR) is 53.0 cm³/mol. The molecule has 1 aliphatic heterocycles. The van der Waals surface area contributed by atoms with Crippen LogP contribution in [0.3, 0.4) is 0 Å². The molecule has 0 spiro atoms. The van der Waals surface area contributed by atoms with E-state index in [9.17, 15) is 0 Å². The summed E-state index contributed by atoms with van der Waals surface area (Å²) < 4.78 is 5.46. The summed E-state index contributed by atoms with van der Waals surface area (Å²) in [5, 5.41) is 3.37. The Labute approximate surface area is 79.0 Å². The first-order valence-electron chi connectivity index (χ1n) is 4.72. The zero-order valence-electron chi connectivity index (χ0n) is 7.86. The maximum Gasteiger partial charge on any atom is 0.147 e. The second-order valence-corrected chi connectivity index (χ2v) is 3.58. The lowest BCUT2D eigenvalue weighted by Gasteiger charge is -2.19. The number of allylic oxidation sites excluding steroid dienone is 3. The van der Waals surface area contributed by atoms with E-state index in [0.717, 1.165) is 12.2 Å². The van der Waals surface area contributed by atoms with Crippen LogP contribution in [0.25, 0.3) is 0 Å². The molecule has 2 nitrogen and oxygen atoms in total. The lowest BCUT2D eigenvalue weighted by atomic mass is 9.92. The average Bonchev–Trinajstić information content (AvgIpc) is 2.47. The summed E-state index contributed by atoms with van der Waals surface area (Å²) in [5.74, 6) is 1.37. The van der Waals surface area contributed by atoms with Crippen LogP contribution in [-0.4, -0.2) is 12.3 Å². The van der Waals surface area contributed by atoms with Crippen LogP contribution in [0.4, 0.5) is 0 Å². The fourth-order valence-electron chi connectivity index (χ4n) is 1.89. The Kier molecular flexibility index (Phi) is 2.23. The third-order valence-electron chi connectivity index (χ3n) is 2.53. The van der Waals surface area contributed by atoms with Gasteiger partial charge in [-0.25, -0.2) is 0 Å². The van der Waals surface area contributed by atoms with E-state index in [1.807, 2.05) is 6.92 Å². The Hall–Kier alpha value is -1.02. The smallest absolute Gasteiger partial charge is 0.147 e. The molecule has 0 aromatic carbocycles.